The van der Waals surface area contributed by atoms with Gasteiger partial charge < -0.3 is 0 Å². The lowest BCUT2D eigenvalue weighted by molar-refractivity contribution is 0.629. The Morgan fingerprint density at radius 1 is 0.938 bits per heavy atom. The van der Waals surface area contributed by atoms with Gasteiger partial charge in [-0.25, -0.2) is 0 Å². The molecule has 0 spiro atoms. The summed E-state index contributed by atoms with van der Waals surface area (Å²) < 4.78 is 0. The molecule has 0 aliphatic carbocycles. The minimum absolute atomic E-state index is 0.348. The Labute approximate surface area is 102 Å². The molecule has 0 aliphatic heterocycles. The molecule has 1 rings (SSSR count). The van der Waals surface area contributed by atoms with Gasteiger partial charge in [-0.1, -0.05) is 71.5 Å². The lowest BCUT2D eigenvalue weighted by Gasteiger charge is -2.50. The lowest BCUT2D eigenvalue weighted by atomic mass is 10.2. The minimum atomic E-state index is -1.58. The van der Waals surface area contributed by atoms with E-state index >= 15 is 0 Å². The summed E-state index contributed by atoms with van der Waals surface area (Å²) in [5.41, 5.74) is 0. The third kappa shape index (κ3) is 2.10. The maximum Gasteiger partial charge on any atom is 0.0942 e. The fraction of sp³-hybridized carbons (Fsp3) is 0.600. The molecule has 0 atom stereocenters. The number of hydrogen-bond acceptors (Lipinski definition) is 0. The van der Waals surface area contributed by atoms with Crippen molar-refractivity contribution in [3.05, 3.63) is 30.3 Å². The molecule has 1 heteroatoms. The molecule has 0 fully saturated rings. The highest BCUT2D eigenvalue weighted by molar-refractivity contribution is 6.95. The average molecular weight is 232 g/mol. The zero-order chi connectivity index (χ0) is 12.6. The van der Waals surface area contributed by atoms with Crippen molar-refractivity contribution in [2.75, 3.05) is 0 Å². The van der Waals surface area contributed by atoms with Crippen molar-refractivity contribution in [1.29, 1.82) is 0 Å². The van der Waals surface area contributed by atoms with Gasteiger partial charge in [0.2, 0.25) is 0 Å². The zero-order valence-electron chi connectivity index (χ0n) is 11.7. The Kier molecular flexibility index (Phi) is 3.40. The molecule has 88 valence electrons. The van der Waals surface area contributed by atoms with Crippen LogP contribution in [-0.4, -0.2) is 8.07 Å². The van der Waals surface area contributed by atoms with Crippen molar-refractivity contribution < 1.29 is 0 Å². The van der Waals surface area contributed by atoms with Gasteiger partial charge >= 0.3 is 0 Å². The van der Waals surface area contributed by atoms with E-state index in [0.717, 1.165) is 0 Å². The molecule has 0 bridgehead atoms. The van der Waals surface area contributed by atoms with Crippen molar-refractivity contribution in [3.63, 3.8) is 0 Å². The monoisotopic (exact) mass is 232 g/mol. The van der Waals surface area contributed by atoms with Gasteiger partial charge in [-0.15, -0.1) is 0 Å². The van der Waals surface area contributed by atoms with Crippen LogP contribution < -0.4 is 5.19 Å². The van der Waals surface area contributed by atoms with Crippen LogP contribution in [-0.2, 0) is 0 Å². The Balaban J connectivity index is 3.39. The molecule has 0 amide bonds. The predicted molar refractivity (Wildman–Crippen MR) is 74.8 cm³/mol. The fourth-order valence-electron chi connectivity index (χ4n) is 2.65. The molecule has 0 heterocycles. The van der Waals surface area contributed by atoms with Crippen molar-refractivity contribution in [3.8, 4) is 0 Å². The Bertz CT molecular complexity index is 324. The average Bonchev–Trinajstić information content (AvgIpc) is 2.14. The van der Waals surface area contributed by atoms with Gasteiger partial charge in [-0.05, 0) is 22.2 Å². The SMILES string of the molecule is CC(C)(C)[Si](C)(c1c[c][c]cc1)C(C)(C)C. The second kappa shape index (κ2) is 4.03. The molecule has 0 aliphatic rings. The van der Waals surface area contributed by atoms with E-state index in [1.807, 2.05) is 6.07 Å². The first-order chi connectivity index (χ1) is 7.11. The van der Waals surface area contributed by atoms with Crippen LogP contribution in [0.5, 0.6) is 0 Å². The number of rotatable bonds is 1. The molecule has 0 nitrogen and oxygen atoms in total. The highest BCUT2D eigenvalue weighted by atomic mass is 28.3. The molecule has 0 saturated carbocycles. The summed E-state index contributed by atoms with van der Waals surface area (Å²) in [7, 11) is -1.58. The normalized spacial score (nSPS) is 13.9. The van der Waals surface area contributed by atoms with Gasteiger partial charge in [-0.2, -0.15) is 0 Å². The van der Waals surface area contributed by atoms with E-state index < -0.39 is 8.07 Å². The Hall–Kier alpha value is -0.563. The van der Waals surface area contributed by atoms with Crippen molar-refractivity contribution in [2.45, 2.75) is 58.2 Å². The third-order valence-corrected chi connectivity index (χ3v) is 11.7. The standard InChI is InChI=1S/C15H24Si/c1-14(2,3)16(7,15(4,5)6)13-11-9-8-10-12-13/h9,11-12H,1-7H3. The van der Waals surface area contributed by atoms with E-state index in [0.29, 0.717) is 10.1 Å². The first kappa shape index (κ1) is 13.5. The highest BCUT2D eigenvalue weighted by Gasteiger charge is 2.49. The summed E-state index contributed by atoms with van der Waals surface area (Å²) in [5.74, 6) is 0. The van der Waals surface area contributed by atoms with Gasteiger partial charge in [0.25, 0.3) is 0 Å². The van der Waals surface area contributed by atoms with Gasteiger partial charge in [0.05, 0.1) is 8.07 Å². The van der Waals surface area contributed by atoms with E-state index in [2.05, 4.69) is 72.4 Å². The maximum absolute atomic E-state index is 3.12. The molecule has 0 saturated heterocycles. The first-order valence-corrected chi connectivity index (χ1v) is 8.49. The Morgan fingerprint density at radius 2 is 1.44 bits per heavy atom. The molecular weight excluding hydrogens is 208 g/mol. The molecule has 2 radical (unpaired) electrons. The van der Waals surface area contributed by atoms with E-state index in [-0.39, 0.29) is 0 Å². The summed E-state index contributed by atoms with van der Waals surface area (Å²) in [4.78, 5) is 0. The van der Waals surface area contributed by atoms with E-state index in [4.69, 9.17) is 0 Å². The smallest absolute Gasteiger partial charge is 0.0645 e. The summed E-state index contributed by atoms with van der Waals surface area (Å²) in [5, 5.41) is 2.19. The van der Waals surface area contributed by atoms with Crippen LogP contribution in [0.3, 0.4) is 0 Å². The van der Waals surface area contributed by atoms with Crippen LogP contribution in [0.4, 0.5) is 0 Å². The summed E-state index contributed by atoms with van der Waals surface area (Å²) in [6.45, 7) is 16.8. The summed E-state index contributed by atoms with van der Waals surface area (Å²) >= 11 is 0. The minimum Gasteiger partial charge on any atom is -0.0645 e. The van der Waals surface area contributed by atoms with Gasteiger partial charge in [-0.3, -0.25) is 0 Å². The van der Waals surface area contributed by atoms with Crippen LogP contribution >= 0.6 is 0 Å². The summed E-state index contributed by atoms with van der Waals surface area (Å²) in [6, 6.07) is 12.5. The largest absolute Gasteiger partial charge is 0.0942 e. The second-order valence-electron chi connectivity index (χ2n) is 6.85. The van der Waals surface area contributed by atoms with Gasteiger partial charge in [0.1, 0.15) is 0 Å². The van der Waals surface area contributed by atoms with Crippen LogP contribution in [0.25, 0.3) is 0 Å². The fourth-order valence-corrected chi connectivity index (χ4v) is 7.41. The van der Waals surface area contributed by atoms with Gasteiger partial charge in [0.15, 0.2) is 0 Å². The maximum atomic E-state index is 3.12. The molecular formula is C15H24Si. The molecule has 16 heavy (non-hydrogen) atoms. The predicted octanol–water partition coefficient (Wildman–Crippen LogP) is 4.17. The Morgan fingerprint density at radius 3 is 1.75 bits per heavy atom. The zero-order valence-corrected chi connectivity index (χ0v) is 12.7. The first-order valence-electron chi connectivity index (χ1n) is 5.99. The van der Waals surface area contributed by atoms with Crippen molar-refractivity contribution >= 4 is 13.3 Å². The highest BCUT2D eigenvalue weighted by Crippen LogP contribution is 2.50. The van der Waals surface area contributed by atoms with E-state index in [1.54, 1.807) is 0 Å². The number of hydrogen-bond donors (Lipinski definition) is 0. The number of benzene rings is 1. The van der Waals surface area contributed by atoms with Crippen LogP contribution in [0, 0.1) is 12.1 Å². The van der Waals surface area contributed by atoms with Crippen molar-refractivity contribution in [2.24, 2.45) is 0 Å². The van der Waals surface area contributed by atoms with Crippen molar-refractivity contribution in [1.82, 2.24) is 0 Å². The van der Waals surface area contributed by atoms with Crippen LogP contribution in [0.1, 0.15) is 41.5 Å². The molecule has 0 N–H and O–H groups in total. The van der Waals surface area contributed by atoms with Gasteiger partial charge in [0, 0.05) is 0 Å². The third-order valence-electron chi connectivity index (χ3n) is 4.23. The molecule has 1 aromatic rings. The quantitative estimate of drug-likeness (QED) is 0.637. The van der Waals surface area contributed by atoms with E-state index in [1.165, 1.54) is 5.19 Å². The second-order valence-corrected chi connectivity index (χ2v) is 12.7. The molecule has 1 aromatic carbocycles. The molecule has 0 aromatic heterocycles. The summed E-state index contributed by atoms with van der Waals surface area (Å²) in [6.07, 6.45) is 0. The van der Waals surface area contributed by atoms with E-state index in [9.17, 15) is 0 Å². The molecule has 0 unspecified atom stereocenters. The lowest BCUT2D eigenvalue weighted by Crippen LogP contribution is -2.58. The van der Waals surface area contributed by atoms with Crippen LogP contribution in [0.15, 0.2) is 18.2 Å². The topological polar surface area (TPSA) is 0 Å². The van der Waals surface area contributed by atoms with Crippen LogP contribution in [0.2, 0.25) is 16.6 Å².